The molecule has 1 heterocycles. The van der Waals surface area contributed by atoms with Gasteiger partial charge in [-0.05, 0) is 19.1 Å². The number of para-hydroxylation sites is 1. The largest absolute Gasteiger partial charge is 0.490 e. The number of aryl methyl sites for hydroxylation is 1. The number of hydrogen-bond acceptors (Lipinski definition) is 5. The van der Waals surface area contributed by atoms with Gasteiger partial charge in [-0.25, -0.2) is 4.98 Å². The number of nitriles is 1. The maximum Gasteiger partial charge on any atom is 0.299 e. The van der Waals surface area contributed by atoms with Crippen LogP contribution in [0.5, 0.6) is 11.8 Å². The summed E-state index contributed by atoms with van der Waals surface area (Å²) in [6.45, 7) is 2.25. The van der Waals surface area contributed by atoms with Crippen LogP contribution in [0.2, 0.25) is 0 Å². The molecular weight excluding hydrogens is 270 g/mol. The monoisotopic (exact) mass is 285 g/mol. The molecule has 6 heteroatoms. The van der Waals surface area contributed by atoms with Gasteiger partial charge in [-0.2, -0.15) is 5.26 Å². The highest BCUT2D eigenvalue weighted by atomic mass is 16.5. The van der Waals surface area contributed by atoms with Crippen molar-refractivity contribution in [2.75, 3.05) is 13.7 Å². The Balaban J connectivity index is 2.11. The Labute approximate surface area is 122 Å². The lowest BCUT2D eigenvalue weighted by Crippen LogP contribution is -2.25. The maximum atomic E-state index is 11.9. The van der Waals surface area contributed by atoms with Gasteiger partial charge in [0.05, 0.1) is 19.2 Å². The van der Waals surface area contributed by atoms with Gasteiger partial charge in [-0.1, -0.05) is 12.1 Å². The minimum absolute atomic E-state index is 0.198. The molecule has 1 aromatic carbocycles. The van der Waals surface area contributed by atoms with Gasteiger partial charge in [0.15, 0.2) is 0 Å². The molecule has 0 N–H and O–H groups in total. The summed E-state index contributed by atoms with van der Waals surface area (Å²) >= 11 is 0. The molecule has 0 bridgehead atoms. The Bertz CT molecular complexity index is 732. The highest BCUT2D eigenvalue weighted by molar-refractivity contribution is 5.42. The highest BCUT2D eigenvalue weighted by Gasteiger charge is 2.08. The predicted molar refractivity (Wildman–Crippen MR) is 76.4 cm³/mol. The van der Waals surface area contributed by atoms with E-state index in [4.69, 9.17) is 14.7 Å². The van der Waals surface area contributed by atoms with Gasteiger partial charge in [0.25, 0.3) is 11.6 Å². The number of aromatic nitrogens is 2. The number of rotatable bonds is 5. The molecule has 6 nitrogen and oxygen atoms in total. The van der Waals surface area contributed by atoms with E-state index in [1.165, 1.54) is 17.7 Å². The smallest absolute Gasteiger partial charge is 0.299 e. The van der Waals surface area contributed by atoms with Gasteiger partial charge in [-0.3, -0.25) is 9.36 Å². The maximum absolute atomic E-state index is 11.9. The van der Waals surface area contributed by atoms with Crippen LogP contribution < -0.4 is 15.0 Å². The first-order valence-corrected chi connectivity index (χ1v) is 6.40. The fourth-order valence-corrected chi connectivity index (χ4v) is 1.89. The third-order valence-electron chi connectivity index (χ3n) is 2.86. The Hall–Kier alpha value is -2.81. The lowest BCUT2D eigenvalue weighted by atomic mass is 10.2. The van der Waals surface area contributed by atoms with E-state index in [1.807, 2.05) is 0 Å². The summed E-state index contributed by atoms with van der Waals surface area (Å²) in [5.41, 5.74) is 0.860. The van der Waals surface area contributed by atoms with Crippen LogP contribution in [0.4, 0.5) is 0 Å². The fourth-order valence-electron chi connectivity index (χ4n) is 1.89. The molecule has 0 radical (unpaired) electrons. The first-order chi connectivity index (χ1) is 10.2. The van der Waals surface area contributed by atoms with Gasteiger partial charge in [0, 0.05) is 11.8 Å². The van der Waals surface area contributed by atoms with E-state index in [2.05, 4.69) is 11.1 Å². The molecule has 0 aliphatic rings. The lowest BCUT2D eigenvalue weighted by molar-refractivity contribution is 0.274. The summed E-state index contributed by atoms with van der Waals surface area (Å²) in [5.74, 6) is 0.493. The van der Waals surface area contributed by atoms with Gasteiger partial charge in [0.1, 0.15) is 18.4 Å². The van der Waals surface area contributed by atoms with E-state index in [9.17, 15) is 4.79 Å². The van der Waals surface area contributed by atoms with Gasteiger partial charge in [0.2, 0.25) is 0 Å². The number of benzene rings is 1. The molecule has 0 aliphatic heterocycles. The van der Waals surface area contributed by atoms with Crippen molar-refractivity contribution in [1.82, 2.24) is 9.55 Å². The van der Waals surface area contributed by atoms with Crippen molar-refractivity contribution >= 4 is 0 Å². The van der Waals surface area contributed by atoms with Crippen molar-refractivity contribution in [3.8, 4) is 17.8 Å². The molecule has 0 amide bonds. The van der Waals surface area contributed by atoms with Crippen LogP contribution in [0.25, 0.3) is 0 Å². The average Bonchev–Trinajstić information content (AvgIpc) is 2.49. The number of nitrogens with zero attached hydrogens (tertiary/aromatic N) is 3. The van der Waals surface area contributed by atoms with Gasteiger partial charge in [-0.15, -0.1) is 0 Å². The van der Waals surface area contributed by atoms with E-state index in [0.717, 1.165) is 0 Å². The Morgan fingerprint density at radius 1 is 1.38 bits per heavy atom. The number of ether oxygens (including phenoxy) is 2. The summed E-state index contributed by atoms with van der Waals surface area (Å²) in [4.78, 5) is 16.1. The highest BCUT2D eigenvalue weighted by Crippen LogP contribution is 2.16. The van der Waals surface area contributed by atoms with E-state index in [0.29, 0.717) is 17.0 Å². The topological polar surface area (TPSA) is 77.1 Å². The van der Waals surface area contributed by atoms with Crippen LogP contribution in [0.3, 0.4) is 0 Å². The Morgan fingerprint density at radius 3 is 2.86 bits per heavy atom. The number of methoxy groups -OCH3 is 1. The second kappa shape index (κ2) is 6.57. The van der Waals surface area contributed by atoms with Crippen LogP contribution in [0.1, 0.15) is 11.3 Å². The third-order valence-corrected chi connectivity index (χ3v) is 2.86. The van der Waals surface area contributed by atoms with Crippen LogP contribution in [0, 0.1) is 18.3 Å². The van der Waals surface area contributed by atoms with Crippen LogP contribution in [-0.2, 0) is 6.54 Å². The quantitative estimate of drug-likeness (QED) is 0.832. The molecule has 1 aromatic heterocycles. The van der Waals surface area contributed by atoms with Gasteiger partial charge < -0.3 is 9.47 Å². The van der Waals surface area contributed by atoms with Crippen molar-refractivity contribution in [1.29, 1.82) is 5.26 Å². The molecule has 0 spiro atoms. The van der Waals surface area contributed by atoms with Gasteiger partial charge >= 0.3 is 0 Å². The second-order valence-electron chi connectivity index (χ2n) is 4.33. The SMILES string of the molecule is COc1nc(C)cc(=O)n1CCOc1ccccc1C#N. The Morgan fingerprint density at radius 2 is 2.14 bits per heavy atom. The minimum atomic E-state index is -0.198. The summed E-state index contributed by atoms with van der Waals surface area (Å²) in [7, 11) is 1.46. The Kier molecular flexibility index (Phi) is 4.57. The standard InChI is InChI=1S/C15H15N3O3/c1-11-9-14(19)18(15(17-11)20-2)7-8-21-13-6-4-3-5-12(13)10-16/h3-6,9H,7-8H2,1-2H3. The molecule has 2 rings (SSSR count). The first kappa shape index (κ1) is 14.6. The van der Waals surface area contributed by atoms with Crippen LogP contribution >= 0.6 is 0 Å². The normalized spacial score (nSPS) is 9.95. The molecular formula is C15H15N3O3. The van der Waals surface area contributed by atoms with Crippen molar-refractivity contribution in [2.45, 2.75) is 13.5 Å². The number of hydrogen-bond donors (Lipinski definition) is 0. The van der Waals surface area contributed by atoms with Crippen molar-refractivity contribution in [3.63, 3.8) is 0 Å². The molecule has 0 saturated heterocycles. The van der Waals surface area contributed by atoms with Crippen LogP contribution in [0.15, 0.2) is 35.1 Å². The lowest BCUT2D eigenvalue weighted by Gasteiger charge is -2.12. The molecule has 108 valence electrons. The third kappa shape index (κ3) is 3.39. The van der Waals surface area contributed by atoms with Crippen molar-refractivity contribution in [2.24, 2.45) is 0 Å². The summed E-state index contributed by atoms with van der Waals surface area (Å²) in [6.07, 6.45) is 0. The fraction of sp³-hybridized carbons (Fsp3) is 0.267. The zero-order valence-corrected chi connectivity index (χ0v) is 11.9. The first-order valence-electron chi connectivity index (χ1n) is 6.40. The van der Waals surface area contributed by atoms with E-state index in [-0.39, 0.29) is 24.7 Å². The second-order valence-corrected chi connectivity index (χ2v) is 4.33. The summed E-state index contributed by atoms with van der Waals surface area (Å²) < 4.78 is 12.0. The summed E-state index contributed by atoms with van der Waals surface area (Å²) in [5, 5.41) is 8.98. The summed E-state index contributed by atoms with van der Waals surface area (Å²) in [6, 6.07) is 10.7. The minimum Gasteiger partial charge on any atom is -0.490 e. The molecule has 0 atom stereocenters. The van der Waals surface area contributed by atoms with Crippen LogP contribution in [-0.4, -0.2) is 23.3 Å². The van der Waals surface area contributed by atoms with E-state index >= 15 is 0 Å². The molecule has 21 heavy (non-hydrogen) atoms. The van der Waals surface area contributed by atoms with Crippen molar-refractivity contribution in [3.05, 3.63) is 51.9 Å². The zero-order chi connectivity index (χ0) is 15.2. The molecule has 0 saturated carbocycles. The predicted octanol–water partition coefficient (Wildman–Crippen LogP) is 1.51. The van der Waals surface area contributed by atoms with E-state index < -0.39 is 0 Å². The molecule has 0 aliphatic carbocycles. The molecule has 0 unspecified atom stereocenters. The zero-order valence-electron chi connectivity index (χ0n) is 11.9. The van der Waals surface area contributed by atoms with E-state index in [1.54, 1.807) is 31.2 Å². The molecule has 2 aromatic rings. The average molecular weight is 285 g/mol. The van der Waals surface area contributed by atoms with Crippen molar-refractivity contribution < 1.29 is 9.47 Å². The molecule has 0 fully saturated rings.